The summed E-state index contributed by atoms with van der Waals surface area (Å²) in [5.41, 5.74) is 11.1. The van der Waals surface area contributed by atoms with Crippen LogP contribution in [-0.4, -0.2) is 0 Å². The molecule has 0 saturated carbocycles. The highest BCUT2D eigenvalue weighted by Gasteiger charge is 2.23. The lowest BCUT2D eigenvalue weighted by Gasteiger charge is -2.28. The van der Waals surface area contributed by atoms with Crippen molar-refractivity contribution in [2.75, 3.05) is 4.90 Å². The highest BCUT2D eigenvalue weighted by atomic mass is 16.3. The van der Waals surface area contributed by atoms with Crippen LogP contribution < -0.4 is 4.90 Å². The molecule has 3 heteroatoms. The lowest BCUT2D eigenvalue weighted by molar-refractivity contribution is 0.669. The summed E-state index contributed by atoms with van der Waals surface area (Å²) in [6, 6.07) is 61.9. The molecule has 0 fully saturated rings. The standard InChI is InChI=1S/C46H29NO2/c1-2-12-30(13-3-1)31-24-27-33(28-25-31)47(41-21-11-23-43-44(41)39-17-7-9-22-42(39)48-43)40-20-8-6-16-35(40)36-18-10-19-37-38-29-26-32-14-4-5-15-34(32)45(38)49-46(36)37/h1-29H. The number of anilines is 3. The van der Waals surface area contributed by atoms with E-state index in [1.54, 1.807) is 0 Å². The third-order valence-electron chi connectivity index (χ3n) is 9.68. The Bertz CT molecular complexity index is 2830. The molecule has 10 aromatic rings. The van der Waals surface area contributed by atoms with Crippen molar-refractivity contribution in [2.45, 2.75) is 0 Å². The van der Waals surface area contributed by atoms with E-state index in [0.717, 1.165) is 77.5 Å². The number of nitrogens with zero attached hydrogens (tertiary/aromatic N) is 1. The molecule has 10 rings (SSSR count). The molecule has 3 nitrogen and oxygen atoms in total. The van der Waals surface area contributed by atoms with Crippen LogP contribution in [0.25, 0.3) is 76.9 Å². The maximum Gasteiger partial charge on any atom is 0.143 e. The predicted octanol–water partition coefficient (Wildman–Crippen LogP) is 13.4. The van der Waals surface area contributed by atoms with Gasteiger partial charge in [-0.3, -0.25) is 0 Å². The van der Waals surface area contributed by atoms with Crippen molar-refractivity contribution in [3.8, 4) is 22.3 Å². The summed E-state index contributed by atoms with van der Waals surface area (Å²) < 4.78 is 13.2. The monoisotopic (exact) mass is 627 g/mol. The van der Waals surface area contributed by atoms with E-state index in [4.69, 9.17) is 8.83 Å². The van der Waals surface area contributed by atoms with Crippen molar-refractivity contribution in [1.82, 2.24) is 0 Å². The van der Waals surface area contributed by atoms with E-state index in [1.165, 1.54) is 16.5 Å². The van der Waals surface area contributed by atoms with Gasteiger partial charge in [-0.2, -0.15) is 0 Å². The van der Waals surface area contributed by atoms with Crippen molar-refractivity contribution in [3.63, 3.8) is 0 Å². The minimum atomic E-state index is 0.855. The third-order valence-corrected chi connectivity index (χ3v) is 9.68. The average molecular weight is 628 g/mol. The van der Waals surface area contributed by atoms with Crippen molar-refractivity contribution in [3.05, 3.63) is 176 Å². The summed E-state index contributed by atoms with van der Waals surface area (Å²) in [7, 11) is 0. The van der Waals surface area contributed by atoms with Crippen molar-refractivity contribution in [2.24, 2.45) is 0 Å². The van der Waals surface area contributed by atoms with Crippen molar-refractivity contribution >= 4 is 71.7 Å². The summed E-state index contributed by atoms with van der Waals surface area (Å²) in [5, 5.41) is 6.68. The Balaban J connectivity index is 1.24. The van der Waals surface area contributed by atoms with Gasteiger partial charge in [0.15, 0.2) is 0 Å². The lowest BCUT2D eigenvalue weighted by atomic mass is 9.98. The number of hydrogen-bond acceptors (Lipinski definition) is 3. The highest BCUT2D eigenvalue weighted by molar-refractivity contribution is 6.18. The number of rotatable bonds is 5. The summed E-state index contributed by atoms with van der Waals surface area (Å²) in [4.78, 5) is 2.37. The van der Waals surface area contributed by atoms with Gasteiger partial charge in [0.2, 0.25) is 0 Å². The summed E-state index contributed by atoms with van der Waals surface area (Å²) in [6.07, 6.45) is 0. The van der Waals surface area contributed by atoms with Crippen LogP contribution in [0.5, 0.6) is 0 Å². The number of para-hydroxylation sites is 3. The summed E-state index contributed by atoms with van der Waals surface area (Å²) in [6.45, 7) is 0. The van der Waals surface area contributed by atoms with Crippen LogP contribution in [0.4, 0.5) is 17.1 Å². The van der Waals surface area contributed by atoms with Crippen LogP contribution in [0, 0.1) is 0 Å². The fourth-order valence-corrected chi connectivity index (χ4v) is 7.42. The number of fused-ring (bicyclic) bond motifs is 8. The van der Waals surface area contributed by atoms with Gasteiger partial charge >= 0.3 is 0 Å². The van der Waals surface area contributed by atoms with Gasteiger partial charge in [-0.25, -0.2) is 0 Å². The van der Waals surface area contributed by atoms with E-state index in [2.05, 4.69) is 169 Å². The van der Waals surface area contributed by atoms with Gasteiger partial charge in [0, 0.05) is 38.4 Å². The first-order valence-electron chi connectivity index (χ1n) is 16.6. The molecule has 0 N–H and O–H groups in total. The van der Waals surface area contributed by atoms with Gasteiger partial charge in [0.05, 0.1) is 16.8 Å². The lowest BCUT2D eigenvalue weighted by Crippen LogP contribution is -2.11. The Morgan fingerprint density at radius 3 is 1.88 bits per heavy atom. The zero-order valence-electron chi connectivity index (χ0n) is 26.5. The fraction of sp³-hybridized carbons (Fsp3) is 0. The molecule has 0 saturated heterocycles. The first kappa shape index (κ1) is 27.5. The normalized spacial score (nSPS) is 11.7. The fourth-order valence-electron chi connectivity index (χ4n) is 7.42. The Hall–Kier alpha value is -6.58. The minimum Gasteiger partial charge on any atom is -0.456 e. The van der Waals surface area contributed by atoms with Gasteiger partial charge < -0.3 is 13.7 Å². The van der Waals surface area contributed by atoms with E-state index in [1.807, 2.05) is 12.1 Å². The van der Waals surface area contributed by atoms with Crippen LogP contribution in [-0.2, 0) is 0 Å². The molecule has 2 heterocycles. The Labute approximate surface area is 282 Å². The second kappa shape index (κ2) is 11.0. The van der Waals surface area contributed by atoms with Crippen LogP contribution in [0.15, 0.2) is 185 Å². The molecule has 230 valence electrons. The second-order valence-electron chi connectivity index (χ2n) is 12.5. The van der Waals surface area contributed by atoms with Crippen molar-refractivity contribution < 1.29 is 8.83 Å². The van der Waals surface area contributed by atoms with Crippen LogP contribution >= 0.6 is 0 Å². The molecule has 49 heavy (non-hydrogen) atoms. The molecule has 0 spiro atoms. The number of furan rings is 2. The highest BCUT2D eigenvalue weighted by Crippen LogP contribution is 2.48. The van der Waals surface area contributed by atoms with Crippen LogP contribution in [0.1, 0.15) is 0 Å². The first-order valence-corrected chi connectivity index (χ1v) is 16.6. The Morgan fingerprint density at radius 1 is 0.347 bits per heavy atom. The van der Waals surface area contributed by atoms with E-state index in [0.29, 0.717) is 0 Å². The van der Waals surface area contributed by atoms with Crippen LogP contribution in [0.3, 0.4) is 0 Å². The molecule has 0 aliphatic rings. The molecule has 0 bridgehead atoms. The SMILES string of the molecule is c1ccc(-c2ccc(N(c3ccccc3-c3cccc4c3oc3c5ccccc5ccc43)c3cccc4oc5ccccc5c34)cc2)cc1. The average Bonchev–Trinajstić information content (AvgIpc) is 3.75. The second-order valence-corrected chi connectivity index (χ2v) is 12.5. The van der Waals surface area contributed by atoms with Gasteiger partial charge in [0.1, 0.15) is 22.3 Å². The molecule has 2 aromatic heterocycles. The van der Waals surface area contributed by atoms with Gasteiger partial charge in [-0.15, -0.1) is 0 Å². The zero-order chi connectivity index (χ0) is 32.3. The Morgan fingerprint density at radius 2 is 0.980 bits per heavy atom. The quantitative estimate of drug-likeness (QED) is 0.190. The molecule has 0 atom stereocenters. The minimum absolute atomic E-state index is 0.855. The van der Waals surface area contributed by atoms with Crippen molar-refractivity contribution in [1.29, 1.82) is 0 Å². The third kappa shape index (κ3) is 4.37. The largest absolute Gasteiger partial charge is 0.456 e. The zero-order valence-corrected chi connectivity index (χ0v) is 26.5. The topological polar surface area (TPSA) is 29.5 Å². The number of benzene rings is 8. The van der Waals surface area contributed by atoms with E-state index < -0.39 is 0 Å². The Kier molecular flexibility index (Phi) is 6.18. The summed E-state index contributed by atoms with van der Waals surface area (Å²) >= 11 is 0. The molecule has 0 unspecified atom stereocenters. The molecular weight excluding hydrogens is 599 g/mol. The van der Waals surface area contributed by atoms with Gasteiger partial charge in [0.25, 0.3) is 0 Å². The van der Waals surface area contributed by atoms with Gasteiger partial charge in [-0.05, 0) is 59.0 Å². The molecule has 0 aliphatic heterocycles. The molecule has 0 aliphatic carbocycles. The molecule has 8 aromatic carbocycles. The first-order chi connectivity index (χ1) is 24.3. The van der Waals surface area contributed by atoms with E-state index >= 15 is 0 Å². The van der Waals surface area contributed by atoms with Crippen LogP contribution in [0.2, 0.25) is 0 Å². The maximum absolute atomic E-state index is 6.84. The smallest absolute Gasteiger partial charge is 0.143 e. The molecular formula is C46H29NO2. The van der Waals surface area contributed by atoms with E-state index in [9.17, 15) is 0 Å². The summed E-state index contributed by atoms with van der Waals surface area (Å²) in [5.74, 6) is 0. The van der Waals surface area contributed by atoms with Gasteiger partial charge in [-0.1, -0.05) is 133 Å². The maximum atomic E-state index is 6.84. The number of hydrogen-bond donors (Lipinski definition) is 0. The van der Waals surface area contributed by atoms with E-state index in [-0.39, 0.29) is 0 Å². The predicted molar refractivity (Wildman–Crippen MR) is 204 cm³/mol. The molecule has 0 amide bonds. The molecule has 0 radical (unpaired) electrons.